The zero-order valence-corrected chi connectivity index (χ0v) is 12.3. The van der Waals surface area contributed by atoms with Crippen LogP contribution in [0, 0.1) is 12.8 Å². The molecule has 2 N–H and O–H groups in total. The molecule has 2 unspecified atom stereocenters. The number of nitrogens with zero attached hydrogens (tertiary/aromatic N) is 1. The van der Waals surface area contributed by atoms with Gasteiger partial charge in [-0.1, -0.05) is 25.1 Å². The average Bonchev–Trinajstić information content (AvgIpc) is 2.74. The van der Waals surface area contributed by atoms with Crippen LogP contribution in [-0.2, 0) is 11.3 Å². The van der Waals surface area contributed by atoms with Gasteiger partial charge < -0.3 is 15.0 Å². The first-order valence-electron chi connectivity index (χ1n) is 6.98. The predicted octanol–water partition coefficient (Wildman–Crippen LogP) is 2.08. The molecule has 0 bridgehead atoms. The van der Waals surface area contributed by atoms with Crippen molar-refractivity contribution in [2.75, 3.05) is 6.61 Å². The molecular formula is C16H22N2O2. The number of hydrogen-bond acceptors (Lipinski definition) is 2. The molecule has 1 heterocycles. The lowest BCUT2D eigenvalue weighted by atomic mass is 10.1. The van der Waals surface area contributed by atoms with Crippen molar-refractivity contribution in [3.8, 4) is 0 Å². The molecular weight excluding hydrogens is 252 g/mol. The first kappa shape index (κ1) is 14.6. The van der Waals surface area contributed by atoms with Crippen LogP contribution in [0.25, 0.3) is 10.9 Å². The molecule has 2 atom stereocenters. The molecule has 1 aromatic heterocycles. The molecule has 4 nitrogen and oxygen atoms in total. The van der Waals surface area contributed by atoms with Crippen LogP contribution in [0.1, 0.15) is 19.5 Å². The highest BCUT2D eigenvalue weighted by Crippen LogP contribution is 2.18. The summed E-state index contributed by atoms with van der Waals surface area (Å²) in [5.74, 6) is 0.0312. The maximum absolute atomic E-state index is 12.1. The first-order valence-corrected chi connectivity index (χ1v) is 6.98. The Hall–Kier alpha value is -1.81. The van der Waals surface area contributed by atoms with E-state index in [2.05, 4.69) is 11.4 Å². The predicted molar refractivity (Wildman–Crippen MR) is 80.5 cm³/mol. The van der Waals surface area contributed by atoms with Crippen LogP contribution in [-0.4, -0.2) is 28.2 Å². The molecule has 4 heteroatoms. The SMILES string of the molecule is Cc1cc2ccccc2n1CC(=O)NC(C)C(C)CO. The highest BCUT2D eigenvalue weighted by atomic mass is 16.3. The summed E-state index contributed by atoms with van der Waals surface area (Å²) in [6.07, 6.45) is 0. The van der Waals surface area contributed by atoms with Gasteiger partial charge in [-0.3, -0.25) is 4.79 Å². The normalized spacial score (nSPS) is 14.2. The van der Waals surface area contributed by atoms with Crippen molar-refractivity contribution in [2.24, 2.45) is 5.92 Å². The van der Waals surface area contributed by atoms with Gasteiger partial charge in [-0.05, 0) is 37.3 Å². The smallest absolute Gasteiger partial charge is 0.240 e. The molecule has 2 rings (SSSR count). The highest BCUT2D eigenvalue weighted by molar-refractivity contribution is 5.84. The Morgan fingerprint density at radius 3 is 2.75 bits per heavy atom. The molecule has 0 aliphatic rings. The van der Waals surface area contributed by atoms with Crippen molar-refractivity contribution in [3.63, 3.8) is 0 Å². The van der Waals surface area contributed by atoms with Gasteiger partial charge in [0.2, 0.25) is 5.91 Å². The number of fused-ring (bicyclic) bond motifs is 1. The van der Waals surface area contributed by atoms with Gasteiger partial charge in [-0.25, -0.2) is 0 Å². The van der Waals surface area contributed by atoms with Crippen molar-refractivity contribution in [2.45, 2.75) is 33.4 Å². The summed E-state index contributed by atoms with van der Waals surface area (Å²) in [7, 11) is 0. The lowest BCUT2D eigenvalue weighted by molar-refractivity contribution is -0.122. The summed E-state index contributed by atoms with van der Waals surface area (Å²) in [5.41, 5.74) is 2.15. The number of aliphatic hydroxyl groups excluding tert-OH is 1. The molecule has 108 valence electrons. The van der Waals surface area contributed by atoms with E-state index in [9.17, 15) is 4.79 Å². The molecule has 0 spiro atoms. The maximum atomic E-state index is 12.1. The monoisotopic (exact) mass is 274 g/mol. The van der Waals surface area contributed by atoms with E-state index in [0.717, 1.165) is 16.6 Å². The number of hydrogen-bond donors (Lipinski definition) is 2. The largest absolute Gasteiger partial charge is 0.396 e. The number of carbonyl (C=O) groups is 1. The number of nitrogens with one attached hydrogen (secondary N) is 1. The third kappa shape index (κ3) is 3.02. The molecule has 2 aromatic rings. The Kier molecular flexibility index (Phi) is 4.45. The summed E-state index contributed by atoms with van der Waals surface area (Å²) < 4.78 is 2.01. The van der Waals surface area contributed by atoms with Gasteiger partial charge in [0.1, 0.15) is 6.54 Å². The molecule has 0 aliphatic heterocycles. The molecule has 0 aliphatic carbocycles. The number of amides is 1. The summed E-state index contributed by atoms with van der Waals surface area (Å²) in [4.78, 5) is 12.1. The van der Waals surface area contributed by atoms with E-state index in [1.54, 1.807) is 0 Å². The lowest BCUT2D eigenvalue weighted by Gasteiger charge is -2.19. The molecule has 0 fully saturated rings. The molecule has 0 saturated carbocycles. The van der Waals surface area contributed by atoms with Crippen LogP contribution in [0.4, 0.5) is 0 Å². The zero-order valence-electron chi connectivity index (χ0n) is 12.3. The number of para-hydroxylation sites is 1. The Morgan fingerprint density at radius 1 is 1.35 bits per heavy atom. The Morgan fingerprint density at radius 2 is 2.05 bits per heavy atom. The fraction of sp³-hybridized carbons (Fsp3) is 0.438. The van der Waals surface area contributed by atoms with Crippen LogP contribution in [0.3, 0.4) is 0 Å². The van der Waals surface area contributed by atoms with Gasteiger partial charge in [0.15, 0.2) is 0 Å². The van der Waals surface area contributed by atoms with Gasteiger partial charge in [-0.2, -0.15) is 0 Å². The third-order valence-electron chi connectivity index (χ3n) is 3.85. The Bertz CT molecular complexity index is 604. The molecule has 1 amide bonds. The second-order valence-corrected chi connectivity index (χ2v) is 5.45. The first-order chi connectivity index (χ1) is 9.52. The minimum atomic E-state index is -0.0327. The number of aliphatic hydroxyl groups is 1. The van der Waals surface area contributed by atoms with E-state index >= 15 is 0 Å². The van der Waals surface area contributed by atoms with Gasteiger partial charge in [-0.15, -0.1) is 0 Å². The Balaban J connectivity index is 2.12. The minimum Gasteiger partial charge on any atom is -0.396 e. The van der Waals surface area contributed by atoms with Crippen LogP contribution in [0.5, 0.6) is 0 Å². The van der Waals surface area contributed by atoms with Gasteiger partial charge in [0.25, 0.3) is 0 Å². The van der Waals surface area contributed by atoms with Crippen molar-refractivity contribution < 1.29 is 9.90 Å². The number of aryl methyl sites for hydroxylation is 1. The molecule has 1 aromatic carbocycles. The van der Waals surface area contributed by atoms with Gasteiger partial charge >= 0.3 is 0 Å². The van der Waals surface area contributed by atoms with E-state index in [-0.39, 0.29) is 24.5 Å². The molecule has 0 radical (unpaired) electrons. The summed E-state index contributed by atoms with van der Waals surface area (Å²) in [6, 6.07) is 10.1. The second-order valence-electron chi connectivity index (χ2n) is 5.45. The fourth-order valence-corrected chi connectivity index (χ4v) is 2.30. The van der Waals surface area contributed by atoms with Crippen molar-refractivity contribution in [1.29, 1.82) is 0 Å². The number of carbonyl (C=O) groups excluding carboxylic acids is 1. The fourth-order valence-electron chi connectivity index (χ4n) is 2.30. The van der Waals surface area contributed by atoms with Crippen molar-refractivity contribution in [1.82, 2.24) is 9.88 Å². The van der Waals surface area contributed by atoms with Crippen molar-refractivity contribution >= 4 is 16.8 Å². The van der Waals surface area contributed by atoms with E-state index < -0.39 is 0 Å². The van der Waals surface area contributed by atoms with Gasteiger partial charge in [0, 0.05) is 23.9 Å². The minimum absolute atomic E-state index is 0.0257. The van der Waals surface area contributed by atoms with Crippen LogP contribution in [0.15, 0.2) is 30.3 Å². The van der Waals surface area contributed by atoms with Crippen LogP contribution >= 0.6 is 0 Å². The third-order valence-corrected chi connectivity index (χ3v) is 3.85. The number of rotatable bonds is 5. The second kappa shape index (κ2) is 6.09. The molecule has 20 heavy (non-hydrogen) atoms. The van der Waals surface area contributed by atoms with Gasteiger partial charge in [0.05, 0.1) is 0 Å². The molecule has 0 saturated heterocycles. The van der Waals surface area contributed by atoms with Crippen LogP contribution < -0.4 is 5.32 Å². The standard InChI is InChI=1S/C16H22N2O2/c1-11(10-19)13(3)17-16(20)9-18-12(2)8-14-6-4-5-7-15(14)18/h4-8,11,13,19H,9-10H2,1-3H3,(H,17,20). The maximum Gasteiger partial charge on any atom is 0.240 e. The van der Waals surface area contributed by atoms with Crippen LogP contribution in [0.2, 0.25) is 0 Å². The average molecular weight is 274 g/mol. The summed E-state index contributed by atoms with van der Waals surface area (Å²) in [6.45, 7) is 6.22. The number of aromatic nitrogens is 1. The van der Waals surface area contributed by atoms with E-state index in [1.807, 2.05) is 49.6 Å². The van der Waals surface area contributed by atoms with E-state index in [4.69, 9.17) is 5.11 Å². The summed E-state index contributed by atoms with van der Waals surface area (Å²) >= 11 is 0. The quantitative estimate of drug-likeness (QED) is 0.877. The number of benzene rings is 1. The van der Waals surface area contributed by atoms with Crippen molar-refractivity contribution in [3.05, 3.63) is 36.0 Å². The topological polar surface area (TPSA) is 54.3 Å². The zero-order chi connectivity index (χ0) is 14.7. The Labute approximate surface area is 119 Å². The van der Waals surface area contributed by atoms with E-state index in [1.165, 1.54) is 0 Å². The lowest BCUT2D eigenvalue weighted by Crippen LogP contribution is -2.40. The van der Waals surface area contributed by atoms with E-state index in [0.29, 0.717) is 6.54 Å². The highest BCUT2D eigenvalue weighted by Gasteiger charge is 2.15. The summed E-state index contributed by atoms with van der Waals surface area (Å²) in [5, 5.41) is 13.2.